The molecule has 1 amide bonds. The van der Waals surface area contributed by atoms with E-state index in [9.17, 15) is 18.0 Å². The van der Waals surface area contributed by atoms with Crippen LogP contribution in [-0.4, -0.2) is 23.0 Å². The van der Waals surface area contributed by atoms with Crippen molar-refractivity contribution >= 4 is 33.6 Å². The van der Waals surface area contributed by atoms with Gasteiger partial charge in [0.25, 0.3) is 5.91 Å². The Hall–Kier alpha value is -0.690. The van der Waals surface area contributed by atoms with Crippen LogP contribution in [0.4, 0.5) is 13.2 Å². The van der Waals surface area contributed by atoms with E-state index in [1.807, 2.05) is 0 Å². The van der Waals surface area contributed by atoms with Crippen molar-refractivity contribution in [2.75, 3.05) is 12.3 Å². The SMILES string of the molecule is CC1(CNC(=O)c2ccc(Br)c(C(F)(F)F)c2)CCCS1. The van der Waals surface area contributed by atoms with Gasteiger partial charge in [-0.15, -0.1) is 0 Å². The molecule has 1 atom stereocenters. The molecular formula is C14H15BrF3NOS. The molecule has 1 aromatic carbocycles. The Morgan fingerprint density at radius 2 is 2.19 bits per heavy atom. The van der Waals surface area contributed by atoms with E-state index in [0.717, 1.165) is 24.7 Å². The van der Waals surface area contributed by atoms with Crippen LogP contribution in [0.1, 0.15) is 35.7 Å². The lowest BCUT2D eigenvalue weighted by molar-refractivity contribution is -0.138. The van der Waals surface area contributed by atoms with Gasteiger partial charge in [0.2, 0.25) is 0 Å². The second kappa shape index (κ2) is 6.20. The lowest BCUT2D eigenvalue weighted by atomic mass is 10.1. The smallest absolute Gasteiger partial charge is 0.351 e. The maximum absolute atomic E-state index is 12.8. The minimum absolute atomic E-state index is 0.0160. The summed E-state index contributed by atoms with van der Waals surface area (Å²) in [5, 5.41) is 2.74. The van der Waals surface area contributed by atoms with Crippen molar-refractivity contribution < 1.29 is 18.0 Å². The number of carbonyl (C=O) groups excluding carboxylic acids is 1. The van der Waals surface area contributed by atoms with Crippen molar-refractivity contribution in [2.24, 2.45) is 0 Å². The molecule has 1 aliphatic heterocycles. The quantitative estimate of drug-likeness (QED) is 0.835. The van der Waals surface area contributed by atoms with Crippen LogP contribution in [0, 0.1) is 0 Å². The van der Waals surface area contributed by atoms with Gasteiger partial charge < -0.3 is 5.32 Å². The Balaban J connectivity index is 2.09. The molecule has 2 nitrogen and oxygen atoms in total. The Morgan fingerprint density at radius 3 is 2.76 bits per heavy atom. The van der Waals surface area contributed by atoms with E-state index >= 15 is 0 Å². The lowest BCUT2D eigenvalue weighted by Gasteiger charge is -2.23. The van der Waals surface area contributed by atoms with Gasteiger partial charge in [0.1, 0.15) is 0 Å². The summed E-state index contributed by atoms with van der Waals surface area (Å²) in [6.45, 7) is 2.53. The summed E-state index contributed by atoms with van der Waals surface area (Å²) in [6, 6.07) is 3.52. The average Bonchev–Trinajstić information content (AvgIpc) is 2.83. The summed E-state index contributed by atoms with van der Waals surface area (Å²) in [7, 11) is 0. The number of carbonyl (C=O) groups is 1. The predicted octanol–water partition coefficient (Wildman–Crippen LogP) is 4.48. The Labute approximate surface area is 134 Å². The summed E-state index contributed by atoms with van der Waals surface area (Å²) in [6.07, 6.45) is -2.37. The molecule has 2 rings (SSSR count). The van der Waals surface area contributed by atoms with Crippen LogP contribution in [0.15, 0.2) is 22.7 Å². The van der Waals surface area contributed by atoms with Crippen LogP contribution >= 0.6 is 27.7 Å². The number of halogens is 4. The second-order valence-electron chi connectivity index (χ2n) is 5.28. The van der Waals surface area contributed by atoms with Crippen LogP contribution in [0.3, 0.4) is 0 Å². The molecule has 1 unspecified atom stereocenters. The van der Waals surface area contributed by atoms with Crippen LogP contribution in [0.2, 0.25) is 0 Å². The van der Waals surface area contributed by atoms with E-state index in [1.54, 1.807) is 11.8 Å². The third-order valence-electron chi connectivity index (χ3n) is 3.46. The molecule has 0 saturated carbocycles. The highest BCUT2D eigenvalue weighted by molar-refractivity contribution is 9.10. The van der Waals surface area contributed by atoms with Crippen LogP contribution < -0.4 is 5.32 Å². The third-order valence-corrected chi connectivity index (χ3v) is 5.69. The number of alkyl halides is 3. The number of thioether (sulfide) groups is 1. The first-order valence-corrected chi connectivity index (χ1v) is 8.28. The molecule has 1 heterocycles. The highest BCUT2D eigenvalue weighted by Crippen LogP contribution is 2.37. The molecular weight excluding hydrogens is 367 g/mol. The van der Waals surface area contributed by atoms with E-state index < -0.39 is 17.6 Å². The van der Waals surface area contributed by atoms with Crippen molar-refractivity contribution in [1.29, 1.82) is 0 Å². The van der Waals surface area contributed by atoms with Gasteiger partial charge in [0.15, 0.2) is 0 Å². The predicted molar refractivity (Wildman–Crippen MR) is 81.6 cm³/mol. The molecule has 21 heavy (non-hydrogen) atoms. The highest BCUT2D eigenvalue weighted by atomic mass is 79.9. The number of nitrogens with one attached hydrogen (secondary N) is 1. The average molecular weight is 382 g/mol. The zero-order valence-corrected chi connectivity index (χ0v) is 13.8. The van der Waals surface area contributed by atoms with Gasteiger partial charge in [0.05, 0.1) is 5.56 Å². The molecule has 0 radical (unpaired) electrons. The maximum atomic E-state index is 12.8. The van der Waals surface area contributed by atoms with Gasteiger partial charge in [0, 0.05) is 21.3 Å². The number of hydrogen-bond acceptors (Lipinski definition) is 2. The van der Waals surface area contributed by atoms with Gasteiger partial charge >= 0.3 is 6.18 Å². The molecule has 1 N–H and O–H groups in total. The topological polar surface area (TPSA) is 29.1 Å². The molecule has 0 aromatic heterocycles. The molecule has 1 fully saturated rings. The van der Waals surface area contributed by atoms with E-state index in [4.69, 9.17) is 0 Å². The molecule has 1 aromatic rings. The first-order valence-electron chi connectivity index (χ1n) is 6.50. The van der Waals surface area contributed by atoms with Crippen molar-refractivity contribution in [1.82, 2.24) is 5.32 Å². The summed E-state index contributed by atoms with van der Waals surface area (Å²) in [5.74, 6) is 0.588. The fourth-order valence-corrected chi connectivity index (χ4v) is 3.95. The third kappa shape index (κ3) is 4.16. The minimum atomic E-state index is -4.48. The monoisotopic (exact) mass is 381 g/mol. The summed E-state index contributed by atoms with van der Waals surface area (Å²) < 4.78 is 38.4. The van der Waals surface area contributed by atoms with Crippen molar-refractivity contribution in [3.05, 3.63) is 33.8 Å². The minimum Gasteiger partial charge on any atom is -0.351 e. The standard InChI is InChI=1S/C14H15BrF3NOS/c1-13(5-2-6-21-13)8-19-12(20)9-3-4-11(15)10(7-9)14(16,17)18/h3-4,7H,2,5-6,8H2,1H3,(H,19,20). The van der Waals surface area contributed by atoms with E-state index in [1.165, 1.54) is 12.1 Å². The van der Waals surface area contributed by atoms with E-state index in [0.29, 0.717) is 6.54 Å². The second-order valence-corrected chi connectivity index (χ2v) is 7.81. The van der Waals surface area contributed by atoms with Gasteiger partial charge in [-0.3, -0.25) is 4.79 Å². The van der Waals surface area contributed by atoms with E-state index in [-0.39, 0.29) is 14.8 Å². The van der Waals surface area contributed by atoms with Gasteiger partial charge in [-0.05, 0) is 43.7 Å². The van der Waals surface area contributed by atoms with Crippen LogP contribution in [0.25, 0.3) is 0 Å². The number of benzene rings is 1. The van der Waals surface area contributed by atoms with Crippen molar-refractivity contribution in [2.45, 2.75) is 30.7 Å². The van der Waals surface area contributed by atoms with Gasteiger partial charge in [-0.1, -0.05) is 15.9 Å². The first-order chi connectivity index (χ1) is 9.71. The first kappa shape index (κ1) is 16.7. The molecule has 0 aliphatic carbocycles. The van der Waals surface area contributed by atoms with Gasteiger partial charge in [-0.2, -0.15) is 24.9 Å². The zero-order valence-electron chi connectivity index (χ0n) is 11.4. The van der Waals surface area contributed by atoms with Crippen LogP contribution in [0.5, 0.6) is 0 Å². The highest BCUT2D eigenvalue weighted by Gasteiger charge is 2.34. The van der Waals surface area contributed by atoms with Crippen molar-refractivity contribution in [3.63, 3.8) is 0 Å². The van der Waals surface area contributed by atoms with E-state index in [2.05, 4.69) is 28.2 Å². The molecule has 1 saturated heterocycles. The Morgan fingerprint density at radius 1 is 1.48 bits per heavy atom. The number of rotatable bonds is 3. The fraction of sp³-hybridized carbons (Fsp3) is 0.500. The summed E-state index contributed by atoms with van der Waals surface area (Å²) in [5.41, 5.74) is -0.811. The zero-order chi connectivity index (χ0) is 15.7. The fourth-order valence-electron chi connectivity index (χ4n) is 2.23. The number of hydrogen-bond donors (Lipinski definition) is 1. The number of amides is 1. The molecule has 0 bridgehead atoms. The summed E-state index contributed by atoms with van der Waals surface area (Å²) >= 11 is 4.65. The molecule has 7 heteroatoms. The molecule has 0 spiro atoms. The summed E-state index contributed by atoms with van der Waals surface area (Å²) in [4.78, 5) is 12.0. The molecule has 116 valence electrons. The Kier molecular flexibility index (Phi) is 4.92. The normalized spacial score (nSPS) is 22.3. The van der Waals surface area contributed by atoms with Gasteiger partial charge in [-0.25, -0.2) is 0 Å². The maximum Gasteiger partial charge on any atom is 0.417 e. The Bertz CT molecular complexity index is 542. The molecule has 1 aliphatic rings. The lowest BCUT2D eigenvalue weighted by Crippen LogP contribution is -2.36. The van der Waals surface area contributed by atoms with Crippen molar-refractivity contribution in [3.8, 4) is 0 Å². The largest absolute Gasteiger partial charge is 0.417 e. The van der Waals surface area contributed by atoms with Crippen LogP contribution in [-0.2, 0) is 6.18 Å².